The lowest BCUT2D eigenvalue weighted by molar-refractivity contribution is 0.111. The minimum absolute atomic E-state index is 0.0865. The van der Waals surface area contributed by atoms with Crippen molar-refractivity contribution in [2.24, 2.45) is 0 Å². The second kappa shape index (κ2) is 4.77. The van der Waals surface area contributed by atoms with E-state index < -0.39 is 0 Å². The van der Waals surface area contributed by atoms with Crippen molar-refractivity contribution in [2.45, 2.75) is 26.2 Å². The van der Waals surface area contributed by atoms with Gasteiger partial charge in [0.25, 0.3) is 0 Å². The van der Waals surface area contributed by atoms with Crippen LogP contribution >= 0.6 is 11.3 Å². The summed E-state index contributed by atoms with van der Waals surface area (Å²) in [6.07, 6.45) is 0.820. The number of hydrogen-bond donors (Lipinski definition) is 0. The van der Waals surface area contributed by atoms with Gasteiger partial charge in [-0.05, 0) is 24.3 Å². The van der Waals surface area contributed by atoms with E-state index in [-0.39, 0.29) is 11.2 Å². The molecule has 0 aliphatic rings. The summed E-state index contributed by atoms with van der Waals surface area (Å²) in [6.45, 7) is 6.29. The molecule has 0 aliphatic carbocycles. The van der Waals surface area contributed by atoms with Crippen molar-refractivity contribution in [1.82, 2.24) is 9.38 Å². The molecule has 0 saturated carbocycles. The van der Waals surface area contributed by atoms with Gasteiger partial charge in [-0.3, -0.25) is 9.20 Å². The largest absolute Gasteiger partial charge is 0.296 e. The molecule has 2 aromatic heterocycles. The Hall–Kier alpha value is -2.01. The Morgan fingerprint density at radius 2 is 1.90 bits per heavy atom. The second-order valence-electron chi connectivity index (χ2n) is 5.96. The van der Waals surface area contributed by atoms with E-state index in [4.69, 9.17) is 0 Å². The van der Waals surface area contributed by atoms with Gasteiger partial charge in [-0.25, -0.2) is 9.37 Å². The molecular weight excluding hydrogens is 287 g/mol. The van der Waals surface area contributed by atoms with Crippen molar-refractivity contribution in [2.75, 3.05) is 0 Å². The molecular formula is C16H15FN2OS. The molecule has 3 nitrogen and oxygen atoms in total. The molecule has 0 unspecified atom stereocenters. The van der Waals surface area contributed by atoms with Gasteiger partial charge < -0.3 is 0 Å². The average molecular weight is 302 g/mol. The zero-order valence-corrected chi connectivity index (χ0v) is 12.9. The van der Waals surface area contributed by atoms with Crippen molar-refractivity contribution < 1.29 is 9.18 Å². The van der Waals surface area contributed by atoms with Gasteiger partial charge in [0.2, 0.25) is 0 Å². The van der Waals surface area contributed by atoms with Crippen LogP contribution in [0.2, 0.25) is 0 Å². The summed E-state index contributed by atoms with van der Waals surface area (Å²) in [7, 11) is 0. The first-order chi connectivity index (χ1) is 9.91. The molecule has 108 valence electrons. The topological polar surface area (TPSA) is 34.4 Å². The summed E-state index contributed by atoms with van der Waals surface area (Å²) in [6, 6.07) is 6.04. The Labute approximate surface area is 126 Å². The molecule has 21 heavy (non-hydrogen) atoms. The van der Waals surface area contributed by atoms with E-state index in [1.807, 2.05) is 9.78 Å². The van der Waals surface area contributed by atoms with Gasteiger partial charge in [0.15, 0.2) is 11.2 Å². The summed E-state index contributed by atoms with van der Waals surface area (Å²) in [5.74, 6) is -0.303. The van der Waals surface area contributed by atoms with Crippen molar-refractivity contribution in [3.63, 3.8) is 0 Å². The third-order valence-electron chi connectivity index (χ3n) is 3.40. The van der Waals surface area contributed by atoms with Crippen molar-refractivity contribution >= 4 is 22.6 Å². The molecule has 3 rings (SSSR count). The van der Waals surface area contributed by atoms with Gasteiger partial charge >= 0.3 is 0 Å². The number of carbonyl (C=O) groups is 1. The zero-order chi connectivity index (χ0) is 15.2. The van der Waals surface area contributed by atoms with E-state index in [1.165, 1.54) is 23.5 Å². The van der Waals surface area contributed by atoms with Gasteiger partial charge in [-0.15, -0.1) is 11.3 Å². The van der Waals surface area contributed by atoms with Crippen LogP contribution in [0.3, 0.4) is 0 Å². The Morgan fingerprint density at radius 3 is 2.48 bits per heavy atom. The Bertz CT molecular complexity index is 809. The summed E-state index contributed by atoms with van der Waals surface area (Å²) in [5.41, 5.74) is 2.82. The smallest absolute Gasteiger partial charge is 0.195 e. The Balaban J connectivity index is 2.28. The zero-order valence-electron chi connectivity index (χ0n) is 12.1. The van der Waals surface area contributed by atoms with Gasteiger partial charge in [-0.2, -0.15) is 0 Å². The fraction of sp³-hybridized carbons (Fsp3) is 0.250. The van der Waals surface area contributed by atoms with E-state index >= 15 is 0 Å². The van der Waals surface area contributed by atoms with Crippen LogP contribution in [0.25, 0.3) is 16.2 Å². The number of carbonyl (C=O) groups excluding carboxylic acids is 1. The van der Waals surface area contributed by atoms with Crippen LogP contribution < -0.4 is 0 Å². The first-order valence-corrected chi connectivity index (χ1v) is 7.51. The van der Waals surface area contributed by atoms with Crippen LogP contribution in [0.15, 0.2) is 29.6 Å². The monoisotopic (exact) mass is 302 g/mol. The Morgan fingerprint density at radius 1 is 1.24 bits per heavy atom. The first kappa shape index (κ1) is 13.9. The molecule has 5 heteroatoms. The number of hydrogen-bond acceptors (Lipinski definition) is 3. The van der Waals surface area contributed by atoms with Crippen LogP contribution in [0, 0.1) is 5.82 Å². The highest BCUT2D eigenvalue weighted by atomic mass is 32.1. The van der Waals surface area contributed by atoms with Crippen LogP contribution in [0.4, 0.5) is 4.39 Å². The SMILES string of the molecule is CC(C)(C)c1csc2nc(-c3ccc(F)cc3)c(C=O)n12. The quantitative estimate of drug-likeness (QED) is 0.661. The van der Waals surface area contributed by atoms with Crippen LogP contribution in [-0.2, 0) is 5.41 Å². The molecule has 0 bridgehead atoms. The van der Waals surface area contributed by atoms with E-state index in [9.17, 15) is 9.18 Å². The number of rotatable bonds is 2. The fourth-order valence-corrected chi connectivity index (χ4v) is 3.45. The second-order valence-corrected chi connectivity index (χ2v) is 6.80. The highest BCUT2D eigenvalue weighted by Gasteiger charge is 2.24. The molecule has 0 spiro atoms. The van der Waals surface area contributed by atoms with Crippen molar-refractivity contribution in [1.29, 1.82) is 0 Å². The maximum Gasteiger partial charge on any atom is 0.195 e. The minimum Gasteiger partial charge on any atom is -0.296 e. The molecule has 3 aromatic rings. The van der Waals surface area contributed by atoms with Crippen LogP contribution in [0.5, 0.6) is 0 Å². The molecule has 2 heterocycles. The molecule has 0 saturated heterocycles. The van der Waals surface area contributed by atoms with Crippen molar-refractivity contribution in [3.8, 4) is 11.3 Å². The number of fused-ring (bicyclic) bond motifs is 1. The lowest BCUT2D eigenvalue weighted by Crippen LogP contribution is -2.15. The summed E-state index contributed by atoms with van der Waals surface area (Å²) >= 11 is 1.51. The third kappa shape index (κ3) is 2.27. The number of thiazole rings is 1. The van der Waals surface area contributed by atoms with E-state index in [0.717, 1.165) is 22.5 Å². The Kier molecular flexibility index (Phi) is 3.17. The molecule has 0 fully saturated rings. The molecule has 0 amide bonds. The van der Waals surface area contributed by atoms with E-state index in [2.05, 4.69) is 25.8 Å². The van der Waals surface area contributed by atoms with Gasteiger partial charge in [-0.1, -0.05) is 20.8 Å². The highest BCUT2D eigenvalue weighted by Crippen LogP contribution is 2.32. The number of halogens is 1. The average Bonchev–Trinajstić information content (AvgIpc) is 2.96. The lowest BCUT2D eigenvalue weighted by atomic mass is 9.93. The van der Waals surface area contributed by atoms with E-state index in [0.29, 0.717) is 11.4 Å². The normalized spacial score (nSPS) is 12.0. The number of nitrogens with zero attached hydrogens (tertiary/aromatic N) is 2. The predicted octanol–water partition coefficient (Wildman–Crippen LogP) is 4.31. The lowest BCUT2D eigenvalue weighted by Gasteiger charge is -2.17. The van der Waals surface area contributed by atoms with Crippen LogP contribution in [-0.4, -0.2) is 15.7 Å². The highest BCUT2D eigenvalue weighted by molar-refractivity contribution is 7.15. The number of aldehydes is 1. The van der Waals surface area contributed by atoms with Crippen molar-refractivity contribution in [3.05, 3.63) is 46.9 Å². The summed E-state index contributed by atoms with van der Waals surface area (Å²) < 4.78 is 15.0. The van der Waals surface area contributed by atoms with Gasteiger partial charge in [0.1, 0.15) is 17.2 Å². The number of aromatic nitrogens is 2. The molecule has 0 aliphatic heterocycles. The van der Waals surface area contributed by atoms with Crippen LogP contribution in [0.1, 0.15) is 37.0 Å². The molecule has 1 aromatic carbocycles. The number of imidazole rings is 1. The minimum atomic E-state index is -0.303. The first-order valence-electron chi connectivity index (χ1n) is 6.63. The molecule has 0 atom stereocenters. The van der Waals surface area contributed by atoms with Gasteiger partial charge in [0.05, 0.1) is 0 Å². The standard InChI is InChI=1S/C16H15FN2OS/c1-16(2,3)13-9-21-15-18-14(12(8-20)19(13)15)10-4-6-11(17)7-5-10/h4-9H,1-3H3. The number of benzene rings is 1. The molecule has 0 radical (unpaired) electrons. The molecule has 0 N–H and O–H groups in total. The van der Waals surface area contributed by atoms with Gasteiger partial charge in [0, 0.05) is 22.1 Å². The fourth-order valence-electron chi connectivity index (χ4n) is 2.33. The predicted molar refractivity (Wildman–Crippen MR) is 82.6 cm³/mol. The summed E-state index contributed by atoms with van der Waals surface area (Å²) in [5, 5.41) is 2.03. The maximum absolute atomic E-state index is 13.1. The van der Waals surface area contributed by atoms with E-state index in [1.54, 1.807) is 12.1 Å². The maximum atomic E-state index is 13.1. The third-order valence-corrected chi connectivity index (χ3v) is 4.22. The summed E-state index contributed by atoms with van der Waals surface area (Å²) in [4.78, 5) is 16.9.